The number of benzodiazepines with no additional fused rings is 1. The molecule has 174 valence electrons. The first-order valence-corrected chi connectivity index (χ1v) is 11.5. The van der Waals surface area contributed by atoms with Crippen molar-refractivity contribution in [3.8, 4) is 11.4 Å². The Morgan fingerprint density at radius 2 is 1.91 bits per heavy atom. The van der Waals surface area contributed by atoms with Crippen molar-refractivity contribution in [3.63, 3.8) is 0 Å². The normalized spacial score (nSPS) is 18.6. The van der Waals surface area contributed by atoms with Crippen LogP contribution in [0.3, 0.4) is 0 Å². The van der Waals surface area contributed by atoms with Gasteiger partial charge in [-0.3, -0.25) is 9.79 Å². The van der Waals surface area contributed by atoms with Crippen LogP contribution in [0.25, 0.3) is 11.4 Å². The maximum atomic E-state index is 13.3. The Morgan fingerprint density at radius 3 is 2.71 bits per heavy atom. The average Bonchev–Trinajstić information content (AvgIpc) is 3.39. The van der Waals surface area contributed by atoms with Gasteiger partial charge in [0.2, 0.25) is 12.0 Å². The number of tetrazole rings is 1. The molecule has 0 bridgehead atoms. The van der Waals surface area contributed by atoms with Gasteiger partial charge in [-0.25, -0.2) is 4.79 Å². The second kappa shape index (κ2) is 9.42. The van der Waals surface area contributed by atoms with Crippen molar-refractivity contribution in [1.82, 2.24) is 25.9 Å². The maximum Gasteiger partial charge on any atom is 0.321 e. The van der Waals surface area contributed by atoms with Gasteiger partial charge in [0.1, 0.15) is 0 Å². The monoisotopic (exact) mass is 458 g/mol. The van der Waals surface area contributed by atoms with Gasteiger partial charge in [0, 0.05) is 29.8 Å². The second-order valence-electron chi connectivity index (χ2n) is 8.58. The number of rotatable bonds is 4. The molecule has 3 aromatic rings. The molecule has 0 saturated heterocycles. The molecule has 1 unspecified atom stereocenters. The lowest BCUT2D eigenvalue weighted by atomic mass is 9.83. The molecule has 1 saturated carbocycles. The van der Waals surface area contributed by atoms with Crippen LogP contribution in [0.4, 0.5) is 16.2 Å². The van der Waals surface area contributed by atoms with E-state index in [1.165, 1.54) is 6.42 Å². The predicted octanol–water partition coefficient (Wildman–Crippen LogP) is 3.36. The maximum absolute atomic E-state index is 13.3. The lowest BCUT2D eigenvalue weighted by molar-refractivity contribution is -0.119. The van der Waals surface area contributed by atoms with Crippen LogP contribution in [0.1, 0.15) is 37.7 Å². The van der Waals surface area contributed by atoms with Crippen LogP contribution >= 0.6 is 0 Å². The number of anilines is 2. The fourth-order valence-corrected chi connectivity index (χ4v) is 4.66. The summed E-state index contributed by atoms with van der Waals surface area (Å²) in [5.74, 6) is 0.409. The van der Waals surface area contributed by atoms with Crippen LogP contribution < -0.4 is 15.5 Å². The smallest absolute Gasteiger partial charge is 0.311 e. The fraction of sp³-hybridized carbons (Fsp3) is 0.333. The fourth-order valence-electron chi connectivity index (χ4n) is 4.66. The summed E-state index contributed by atoms with van der Waals surface area (Å²) in [6.45, 7) is 0. The molecule has 1 fully saturated rings. The number of nitrogens with zero attached hydrogens (tertiary/aromatic N) is 5. The molecule has 0 spiro atoms. The zero-order valence-corrected chi connectivity index (χ0v) is 18.9. The SMILES string of the molecule is CN1C(=O)C(NC(=O)Nc2cccc(-c3nn[nH]n3)c2)N=C(C2CCCCC2)c2ccccc21. The van der Waals surface area contributed by atoms with Crippen LogP contribution in [0, 0.1) is 5.92 Å². The Kier molecular flexibility index (Phi) is 6.03. The number of aromatic amines is 1. The van der Waals surface area contributed by atoms with Crippen molar-refractivity contribution >= 4 is 29.0 Å². The summed E-state index contributed by atoms with van der Waals surface area (Å²) in [5.41, 5.74) is 3.91. The highest BCUT2D eigenvalue weighted by molar-refractivity contribution is 6.14. The molecule has 1 atom stereocenters. The van der Waals surface area contributed by atoms with Gasteiger partial charge in [-0.15, -0.1) is 10.2 Å². The summed E-state index contributed by atoms with van der Waals surface area (Å²) in [6, 6.07) is 14.4. The van der Waals surface area contributed by atoms with Crippen molar-refractivity contribution in [2.24, 2.45) is 10.9 Å². The molecule has 0 radical (unpaired) electrons. The summed E-state index contributed by atoms with van der Waals surface area (Å²) in [5, 5.41) is 19.4. The van der Waals surface area contributed by atoms with Gasteiger partial charge in [-0.05, 0) is 36.3 Å². The molecule has 10 heteroatoms. The number of H-pyrrole nitrogens is 1. The van der Waals surface area contributed by atoms with Gasteiger partial charge in [0.15, 0.2) is 0 Å². The molecule has 2 aromatic carbocycles. The highest BCUT2D eigenvalue weighted by Gasteiger charge is 2.33. The molecule has 10 nitrogen and oxygen atoms in total. The molecule has 1 aromatic heterocycles. The third-order valence-electron chi connectivity index (χ3n) is 6.36. The Bertz CT molecular complexity index is 1220. The third kappa shape index (κ3) is 4.39. The van der Waals surface area contributed by atoms with Crippen LogP contribution in [0.5, 0.6) is 0 Å². The van der Waals surface area contributed by atoms with E-state index in [-0.39, 0.29) is 11.8 Å². The minimum atomic E-state index is -1.02. The summed E-state index contributed by atoms with van der Waals surface area (Å²) >= 11 is 0. The topological polar surface area (TPSA) is 128 Å². The number of hydrogen-bond donors (Lipinski definition) is 3. The van der Waals surface area contributed by atoms with Crippen LogP contribution in [-0.2, 0) is 4.79 Å². The number of carbonyl (C=O) groups is 2. The predicted molar refractivity (Wildman–Crippen MR) is 129 cm³/mol. The quantitative estimate of drug-likeness (QED) is 0.552. The number of urea groups is 1. The van der Waals surface area contributed by atoms with Crippen molar-refractivity contribution in [3.05, 3.63) is 54.1 Å². The number of benzene rings is 2. The molecule has 3 amide bonds. The van der Waals surface area contributed by atoms with Gasteiger partial charge in [-0.2, -0.15) is 5.21 Å². The van der Waals surface area contributed by atoms with Crippen LogP contribution in [0.2, 0.25) is 0 Å². The number of likely N-dealkylation sites (N-methyl/N-ethyl adjacent to an activating group) is 1. The zero-order valence-electron chi connectivity index (χ0n) is 18.9. The molecule has 5 rings (SSSR count). The Labute approximate surface area is 196 Å². The standard InChI is InChI=1S/C24H26N8O2/c1-32-19-13-6-5-12-18(19)20(15-8-3-2-4-9-15)26-22(23(32)33)27-24(34)25-17-11-7-10-16(14-17)21-28-30-31-29-21/h5-7,10-15,22H,2-4,8-9H2,1H3,(H2,25,27,34)(H,28,29,30,31). The van der Waals surface area contributed by atoms with Crippen molar-refractivity contribution in [2.75, 3.05) is 17.3 Å². The second-order valence-corrected chi connectivity index (χ2v) is 8.58. The third-order valence-corrected chi connectivity index (χ3v) is 6.36. The molecule has 3 N–H and O–H groups in total. The Balaban J connectivity index is 1.39. The van der Waals surface area contributed by atoms with E-state index in [9.17, 15) is 9.59 Å². The van der Waals surface area contributed by atoms with Crippen LogP contribution in [0.15, 0.2) is 53.5 Å². The van der Waals surface area contributed by atoms with E-state index < -0.39 is 12.2 Å². The Morgan fingerprint density at radius 1 is 1.09 bits per heavy atom. The minimum Gasteiger partial charge on any atom is -0.311 e. The van der Waals surface area contributed by atoms with Gasteiger partial charge < -0.3 is 15.5 Å². The first-order valence-electron chi connectivity index (χ1n) is 11.5. The van der Waals surface area contributed by atoms with E-state index in [1.807, 2.05) is 30.3 Å². The lowest BCUT2D eigenvalue weighted by Crippen LogP contribution is -2.47. The summed E-state index contributed by atoms with van der Waals surface area (Å²) in [6.07, 6.45) is 4.56. The van der Waals surface area contributed by atoms with Crippen molar-refractivity contribution in [2.45, 2.75) is 38.3 Å². The van der Waals surface area contributed by atoms with E-state index in [4.69, 9.17) is 4.99 Å². The van der Waals surface area contributed by atoms with Crippen molar-refractivity contribution < 1.29 is 9.59 Å². The van der Waals surface area contributed by atoms with E-state index in [2.05, 4.69) is 31.3 Å². The number of aliphatic imine (C=N–C) groups is 1. The van der Waals surface area contributed by atoms with Crippen LogP contribution in [-0.4, -0.2) is 51.5 Å². The highest BCUT2D eigenvalue weighted by Crippen LogP contribution is 2.33. The van der Waals surface area contributed by atoms with Gasteiger partial charge >= 0.3 is 6.03 Å². The number of aromatic nitrogens is 4. The number of hydrogen-bond acceptors (Lipinski definition) is 6. The lowest BCUT2D eigenvalue weighted by Gasteiger charge is -2.25. The Hall–Kier alpha value is -4.08. The molecule has 1 aliphatic carbocycles. The molecule has 2 aliphatic rings. The summed E-state index contributed by atoms with van der Waals surface area (Å²) < 4.78 is 0. The van der Waals surface area contributed by atoms with Crippen molar-refractivity contribution in [1.29, 1.82) is 0 Å². The van der Waals surface area contributed by atoms with Gasteiger partial charge in [-0.1, -0.05) is 49.6 Å². The highest BCUT2D eigenvalue weighted by atomic mass is 16.2. The van der Waals surface area contributed by atoms with E-state index in [0.717, 1.165) is 42.6 Å². The summed E-state index contributed by atoms with van der Waals surface area (Å²) in [7, 11) is 1.72. The average molecular weight is 459 g/mol. The first-order chi connectivity index (χ1) is 16.6. The molecule has 2 heterocycles. The largest absolute Gasteiger partial charge is 0.321 e. The molecule has 1 aliphatic heterocycles. The number of para-hydroxylation sites is 1. The molecular formula is C24H26N8O2. The first kappa shape index (κ1) is 21.7. The number of fused-ring (bicyclic) bond motifs is 1. The molecular weight excluding hydrogens is 432 g/mol. The van der Waals surface area contributed by atoms with E-state index in [0.29, 0.717) is 17.1 Å². The van der Waals surface area contributed by atoms with Gasteiger partial charge in [0.25, 0.3) is 5.91 Å². The minimum absolute atomic E-state index is 0.271. The number of nitrogens with one attached hydrogen (secondary N) is 3. The zero-order chi connectivity index (χ0) is 23.5. The van der Waals surface area contributed by atoms with E-state index in [1.54, 1.807) is 30.1 Å². The molecule has 34 heavy (non-hydrogen) atoms. The van der Waals surface area contributed by atoms with Gasteiger partial charge in [0.05, 0.1) is 11.4 Å². The number of carbonyl (C=O) groups excluding carboxylic acids is 2. The summed E-state index contributed by atoms with van der Waals surface area (Å²) in [4.78, 5) is 32.6. The number of amides is 3. The van der Waals surface area contributed by atoms with E-state index >= 15 is 0 Å².